The molecule has 23 heavy (non-hydrogen) atoms. The summed E-state index contributed by atoms with van der Waals surface area (Å²) in [6.45, 7) is 4.58. The largest absolute Gasteiger partial charge is 0.256 e. The van der Waals surface area contributed by atoms with Gasteiger partial charge in [-0.25, -0.2) is 8.42 Å². The van der Waals surface area contributed by atoms with Crippen LogP contribution < -0.4 is 0 Å². The molecule has 0 aliphatic rings. The number of aliphatic imine (C=N–C) groups is 1. The fraction of sp³-hybridized carbons (Fsp3) is 0.235. The Bertz CT molecular complexity index is 765. The smallest absolute Gasteiger partial charge is 0.243 e. The van der Waals surface area contributed by atoms with Crippen molar-refractivity contribution in [1.29, 1.82) is 0 Å². The summed E-state index contributed by atoms with van der Waals surface area (Å²) in [5, 5.41) is 0. The molecule has 0 radical (unpaired) electrons. The highest BCUT2D eigenvalue weighted by atomic mass is 79.9. The quantitative estimate of drug-likeness (QED) is 0.688. The molecule has 0 aliphatic carbocycles. The lowest BCUT2D eigenvalue weighted by atomic mass is 10.2. The van der Waals surface area contributed by atoms with Crippen LogP contribution in [-0.2, 0) is 10.0 Å². The molecule has 0 saturated heterocycles. The predicted molar refractivity (Wildman–Crippen MR) is 97.9 cm³/mol. The molecule has 2 rings (SSSR count). The van der Waals surface area contributed by atoms with Gasteiger partial charge in [0, 0.05) is 23.8 Å². The average molecular weight is 395 g/mol. The van der Waals surface area contributed by atoms with E-state index in [9.17, 15) is 8.42 Å². The topological polar surface area (TPSA) is 49.7 Å². The van der Waals surface area contributed by atoms with Crippen LogP contribution in [0.5, 0.6) is 0 Å². The fourth-order valence-electron chi connectivity index (χ4n) is 2.11. The van der Waals surface area contributed by atoms with Gasteiger partial charge in [0.1, 0.15) is 0 Å². The molecular formula is C17H19BrN2O2S. The van der Waals surface area contributed by atoms with E-state index in [-0.39, 0.29) is 0 Å². The molecule has 0 heterocycles. The molecule has 0 bridgehead atoms. The number of halogens is 1. The highest BCUT2D eigenvalue weighted by Gasteiger charge is 2.20. The molecule has 0 atom stereocenters. The number of nitrogens with zero attached hydrogens (tertiary/aromatic N) is 2. The van der Waals surface area contributed by atoms with Crippen molar-refractivity contribution in [2.45, 2.75) is 18.7 Å². The molecule has 0 spiro atoms. The second-order valence-corrected chi connectivity index (χ2v) is 7.75. The summed E-state index contributed by atoms with van der Waals surface area (Å²) in [4.78, 5) is 4.66. The molecule has 0 saturated carbocycles. The van der Waals surface area contributed by atoms with Gasteiger partial charge < -0.3 is 0 Å². The van der Waals surface area contributed by atoms with Gasteiger partial charge in [0.15, 0.2) is 0 Å². The minimum atomic E-state index is -3.41. The Hall–Kier alpha value is -1.50. The first-order chi connectivity index (χ1) is 11.0. The molecule has 0 fully saturated rings. The Morgan fingerprint density at radius 3 is 2.09 bits per heavy atom. The molecule has 0 unspecified atom stereocenters. The van der Waals surface area contributed by atoms with Crippen molar-refractivity contribution in [3.63, 3.8) is 0 Å². The van der Waals surface area contributed by atoms with Gasteiger partial charge >= 0.3 is 0 Å². The lowest BCUT2D eigenvalue weighted by molar-refractivity contribution is 0.445. The third kappa shape index (κ3) is 4.50. The molecule has 122 valence electrons. The van der Waals surface area contributed by atoms with Crippen molar-refractivity contribution >= 4 is 37.9 Å². The van der Waals surface area contributed by atoms with E-state index in [1.165, 1.54) is 4.31 Å². The second kappa shape index (κ2) is 7.86. The van der Waals surface area contributed by atoms with Crippen LogP contribution in [0.25, 0.3) is 0 Å². The minimum Gasteiger partial charge on any atom is -0.256 e. The Kier molecular flexibility index (Phi) is 6.10. The van der Waals surface area contributed by atoms with Crippen LogP contribution in [0, 0.1) is 0 Å². The van der Waals surface area contributed by atoms with Gasteiger partial charge in [-0.1, -0.05) is 41.9 Å². The molecule has 0 aliphatic heterocycles. The van der Waals surface area contributed by atoms with Crippen molar-refractivity contribution in [3.05, 3.63) is 58.6 Å². The lowest BCUT2D eigenvalue weighted by Crippen LogP contribution is -2.30. The molecule has 2 aromatic rings. The van der Waals surface area contributed by atoms with Crippen molar-refractivity contribution in [2.75, 3.05) is 13.1 Å². The van der Waals surface area contributed by atoms with Crippen LogP contribution >= 0.6 is 15.9 Å². The molecule has 0 aromatic heterocycles. The number of benzene rings is 2. The van der Waals surface area contributed by atoms with E-state index in [2.05, 4.69) is 20.9 Å². The Morgan fingerprint density at radius 1 is 1.00 bits per heavy atom. The van der Waals surface area contributed by atoms with Crippen molar-refractivity contribution in [2.24, 2.45) is 4.99 Å². The number of rotatable bonds is 6. The Labute approximate surface area is 146 Å². The zero-order valence-electron chi connectivity index (χ0n) is 13.1. The van der Waals surface area contributed by atoms with E-state index in [0.717, 1.165) is 10.0 Å². The first-order valence-corrected chi connectivity index (χ1v) is 9.60. The van der Waals surface area contributed by atoms with E-state index < -0.39 is 10.0 Å². The summed E-state index contributed by atoms with van der Waals surface area (Å²) in [5.41, 5.74) is 1.69. The van der Waals surface area contributed by atoms with E-state index in [1.54, 1.807) is 30.5 Å². The van der Waals surface area contributed by atoms with Crippen LogP contribution in [0.1, 0.15) is 19.4 Å². The first-order valence-electron chi connectivity index (χ1n) is 7.37. The lowest BCUT2D eigenvalue weighted by Gasteiger charge is -2.18. The molecular weight excluding hydrogens is 376 g/mol. The van der Waals surface area contributed by atoms with Crippen LogP contribution in [0.2, 0.25) is 0 Å². The zero-order chi connectivity index (χ0) is 16.9. The minimum absolute atomic E-state index is 0.295. The molecule has 2 aromatic carbocycles. The van der Waals surface area contributed by atoms with E-state index in [0.29, 0.717) is 23.7 Å². The SMILES string of the molecule is CCN(CC)S(=O)(=O)c1ccc(N=Cc2ccc(Br)cc2)cc1. The third-order valence-electron chi connectivity index (χ3n) is 3.41. The van der Waals surface area contributed by atoms with Gasteiger partial charge in [-0.15, -0.1) is 0 Å². The standard InChI is InChI=1S/C17H19BrN2O2S/c1-3-20(4-2)23(21,22)17-11-9-16(10-12-17)19-13-14-5-7-15(18)8-6-14/h5-13H,3-4H2,1-2H3. The highest BCUT2D eigenvalue weighted by molar-refractivity contribution is 9.10. The maximum atomic E-state index is 12.4. The normalized spacial score (nSPS) is 12.2. The van der Waals surface area contributed by atoms with E-state index in [1.807, 2.05) is 38.1 Å². The van der Waals surface area contributed by atoms with Crippen LogP contribution in [0.4, 0.5) is 5.69 Å². The molecule has 4 nitrogen and oxygen atoms in total. The second-order valence-electron chi connectivity index (χ2n) is 4.89. The summed E-state index contributed by atoms with van der Waals surface area (Å²) < 4.78 is 27.3. The van der Waals surface area contributed by atoms with Gasteiger partial charge in [-0.05, 0) is 42.0 Å². The molecule has 0 N–H and O–H groups in total. The van der Waals surface area contributed by atoms with Crippen molar-refractivity contribution in [1.82, 2.24) is 4.31 Å². The van der Waals surface area contributed by atoms with Gasteiger partial charge in [0.25, 0.3) is 0 Å². The number of sulfonamides is 1. The number of hydrogen-bond acceptors (Lipinski definition) is 3. The summed E-state index contributed by atoms with van der Waals surface area (Å²) in [6, 6.07) is 14.4. The first kappa shape index (κ1) is 17.8. The monoisotopic (exact) mass is 394 g/mol. The van der Waals surface area contributed by atoms with Crippen LogP contribution in [0.15, 0.2) is 62.9 Å². The maximum absolute atomic E-state index is 12.4. The fourth-order valence-corrected chi connectivity index (χ4v) is 3.84. The van der Waals surface area contributed by atoms with Gasteiger partial charge in [-0.2, -0.15) is 4.31 Å². The van der Waals surface area contributed by atoms with Crippen molar-refractivity contribution < 1.29 is 8.42 Å². The zero-order valence-corrected chi connectivity index (χ0v) is 15.5. The molecule has 6 heteroatoms. The van der Waals surface area contributed by atoms with E-state index in [4.69, 9.17) is 0 Å². The summed E-state index contributed by atoms with van der Waals surface area (Å²) in [6.07, 6.45) is 1.75. The molecule has 0 amide bonds. The van der Waals surface area contributed by atoms with Gasteiger partial charge in [-0.3, -0.25) is 4.99 Å². The van der Waals surface area contributed by atoms with Crippen LogP contribution in [0.3, 0.4) is 0 Å². The Balaban J connectivity index is 2.18. The highest BCUT2D eigenvalue weighted by Crippen LogP contribution is 2.20. The summed E-state index contributed by atoms with van der Waals surface area (Å²) in [7, 11) is -3.41. The maximum Gasteiger partial charge on any atom is 0.243 e. The average Bonchev–Trinajstić information content (AvgIpc) is 2.55. The van der Waals surface area contributed by atoms with Crippen LogP contribution in [-0.4, -0.2) is 32.0 Å². The Morgan fingerprint density at radius 2 is 1.57 bits per heavy atom. The predicted octanol–water partition coefficient (Wildman–Crippen LogP) is 4.23. The van der Waals surface area contributed by atoms with Gasteiger partial charge in [0.2, 0.25) is 10.0 Å². The van der Waals surface area contributed by atoms with Gasteiger partial charge in [0.05, 0.1) is 10.6 Å². The summed E-state index contributed by atoms with van der Waals surface area (Å²) >= 11 is 3.39. The summed E-state index contributed by atoms with van der Waals surface area (Å²) in [5.74, 6) is 0. The number of hydrogen-bond donors (Lipinski definition) is 0. The van der Waals surface area contributed by atoms with Crippen molar-refractivity contribution in [3.8, 4) is 0 Å². The van der Waals surface area contributed by atoms with E-state index >= 15 is 0 Å². The third-order valence-corrected chi connectivity index (χ3v) is 6.01.